The Morgan fingerprint density at radius 2 is 1.79 bits per heavy atom. The number of amides is 2. The highest BCUT2D eigenvalue weighted by molar-refractivity contribution is 6.62. The van der Waals surface area contributed by atoms with Crippen LogP contribution in [0.1, 0.15) is 57.7 Å². The van der Waals surface area contributed by atoms with Crippen molar-refractivity contribution in [1.29, 1.82) is 0 Å². The summed E-state index contributed by atoms with van der Waals surface area (Å²) in [6.45, 7) is 10.0. The van der Waals surface area contributed by atoms with Crippen LogP contribution in [0.5, 0.6) is 0 Å². The number of nitrogens with zero attached hydrogens (tertiary/aromatic N) is 1. The standard InChI is InChI=1S/C21H25BN2O4/c1-12-16(15-7-9-18(25)24-19(15)26)11-13-10-14(6-8-17(13)23-12)22-27-20(2,3)21(4,5)28-22/h6,8,10-11,15H,7,9H2,1-5H3,(H,24,25,26). The third-order valence-electron chi connectivity index (χ3n) is 6.21. The monoisotopic (exact) mass is 380 g/mol. The summed E-state index contributed by atoms with van der Waals surface area (Å²) in [5.74, 6) is -0.812. The molecule has 0 spiro atoms. The molecule has 28 heavy (non-hydrogen) atoms. The van der Waals surface area contributed by atoms with Crippen molar-refractivity contribution in [3.05, 3.63) is 35.5 Å². The molecule has 2 fully saturated rings. The average molecular weight is 380 g/mol. The number of hydrogen-bond donors (Lipinski definition) is 1. The summed E-state index contributed by atoms with van der Waals surface area (Å²) in [5.41, 5.74) is 2.64. The van der Waals surface area contributed by atoms with Gasteiger partial charge in [-0.25, -0.2) is 0 Å². The molecule has 2 aromatic rings. The second kappa shape index (κ2) is 6.39. The highest BCUT2D eigenvalue weighted by atomic mass is 16.7. The molecule has 6 nitrogen and oxygen atoms in total. The molecule has 2 aliphatic heterocycles. The molecular formula is C21H25BN2O4. The Bertz CT molecular complexity index is 970. The number of aryl methyl sites for hydroxylation is 1. The van der Waals surface area contributed by atoms with Gasteiger partial charge in [0, 0.05) is 17.5 Å². The van der Waals surface area contributed by atoms with E-state index in [0.717, 1.165) is 27.6 Å². The zero-order chi connectivity index (χ0) is 20.3. The first kappa shape index (κ1) is 19.1. The number of imide groups is 1. The van der Waals surface area contributed by atoms with Gasteiger partial charge >= 0.3 is 7.12 Å². The highest BCUT2D eigenvalue weighted by Gasteiger charge is 2.51. The van der Waals surface area contributed by atoms with Crippen molar-refractivity contribution in [2.45, 2.75) is 64.6 Å². The van der Waals surface area contributed by atoms with E-state index in [0.29, 0.717) is 12.8 Å². The number of fused-ring (bicyclic) bond motifs is 1. The third-order valence-corrected chi connectivity index (χ3v) is 6.21. The van der Waals surface area contributed by atoms with E-state index in [1.54, 1.807) is 0 Å². The maximum Gasteiger partial charge on any atom is 0.494 e. The lowest BCUT2D eigenvalue weighted by Gasteiger charge is -2.32. The first-order valence-corrected chi connectivity index (χ1v) is 9.68. The SMILES string of the molecule is Cc1nc2ccc(B3OC(C)(C)C(C)(C)O3)cc2cc1C1CCC(=O)NC1=O. The summed E-state index contributed by atoms with van der Waals surface area (Å²) >= 11 is 0. The van der Waals surface area contributed by atoms with Crippen LogP contribution in [0.3, 0.4) is 0 Å². The summed E-state index contributed by atoms with van der Waals surface area (Å²) in [4.78, 5) is 28.5. The molecular weight excluding hydrogens is 355 g/mol. The third kappa shape index (κ3) is 3.12. The molecule has 7 heteroatoms. The topological polar surface area (TPSA) is 77.5 Å². The Morgan fingerprint density at radius 3 is 2.43 bits per heavy atom. The van der Waals surface area contributed by atoms with Crippen molar-refractivity contribution in [3.63, 3.8) is 0 Å². The Kier molecular flexibility index (Phi) is 4.36. The van der Waals surface area contributed by atoms with Crippen LogP contribution in [-0.2, 0) is 18.9 Å². The first-order chi connectivity index (χ1) is 13.1. The van der Waals surface area contributed by atoms with E-state index in [9.17, 15) is 9.59 Å². The van der Waals surface area contributed by atoms with E-state index >= 15 is 0 Å². The molecule has 1 unspecified atom stereocenters. The molecule has 0 saturated carbocycles. The normalized spacial score (nSPS) is 23.9. The summed E-state index contributed by atoms with van der Waals surface area (Å²) in [5, 5.41) is 3.36. The van der Waals surface area contributed by atoms with Crippen molar-refractivity contribution in [2.24, 2.45) is 0 Å². The molecule has 1 atom stereocenters. The van der Waals surface area contributed by atoms with Gasteiger partial charge in [-0.1, -0.05) is 12.1 Å². The summed E-state index contributed by atoms with van der Waals surface area (Å²) in [6.07, 6.45) is 0.859. The average Bonchev–Trinajstić information content (AvgIpc) is 2.82. The van der Waals surface area contributed by atoms with Crippen LogP contribution in [0.15, 0.2) is 24.3 Å². The van der Waals surface area contributed by atoms with Crippen LogP contribution < -0.4 is 10.8 Å². The van der Waals surface area contributed by atoms with Gasteiger partial charge in [0.15, 0.2) is 0 Å². The number of carbonyl (C=O) groups is 2. The quantitative estimate of drug-likeness (QED) is 0.639. The van der Waals surface area contributed by atoms with Gasteiger partial charge in [0.2, 0.25) is 11.8 Å². The fourth-order valence-electron chi connectivity index (χ4n) is 3.78. The van der Waals surface area contributed by atoms with Gasteiger partial charge < -0.3 is 9.31 Å². The van der Waals surface area contributed by atoms with E-state index in [1.807, 2.05) is 58.9 Å². The fourth-order valence-corrected chi connectivity index (χ4v) is 3.78. The first-order valence-electron chi connectivity index (χ1n) is 9.68. The van der Waals surface area contributed by atoms with Gasteiger partial charge in [0.05, 0.1) is 22.6 Å². The number of nitrogens with one attached hydrogen (secondary N) is 1. The van der Waals surface area contributed by atoms with E-state index < -0.39 is 18.3 Å². The van der Waals surface area contributed by atoms with Gasteiger partial charge in [-0.15, -0.1) is 0 Å². The molecule has 1 N–H and O–H groups in total. The second-order valence-electron chi connectivity index (χ2n) is 8.71. The predicted octanol–water partition coefficient (Wildman–Crippen LogP) is 2.36. The number of aromatic nitrogens is 1. The van der Waals surface area contributed by atoms with Crippen molar-refractivity contribution in [2.75, 3.05) is 0 Å². The van der Waals surface area contributed by atoms with Crippen LogP contribution in [0.25, 0.3) is 10.9 Å². The number of benzene rings is 1. The number of piperidine rings is 1. The molecule has 2 aliphatic rings. The highest BCUT2D eigenvalue weighted by Crippen LogP contribution is 2.37. The summed E-state index contributed by atoms with van der Waals surface area (Å²) < 4.78 is 12.3. The molecule has 4 rings (SSSR count). The lowest BCUT2D eigenvalue weighted by molar-refractivity contribution is -0.134. The molecule has 1 aromatic heterocycles. The Balaban J connectivity index is 1.71. The minimum atomic E-state index is -0.449. The van der Waals surface area contributed by atoms with Gasteiger partial charge in [-0.05, 0) is 64.2 Å². The largest absolute Gasteiger partial charge is 0.494 e. The Hall–Kier alpha value is -2.25. The van der Waals surface area contributed by atoms with Crippen molar-refractivity contribution in [3.8, 4) is 0 Å². The van der Waals surface area contributed by atoms with Crippen molar-refractivity contribution in [1.82, 2.24) is 10.3 Å². The molecule has 0 aliphatic carbocycles. The minimum Gasteiger partial charge on any atom is -0.399 e. The lowest BCUT2D eigenvalue weighted by atomic mass is 9.78. The summed E-state index contributed by atoms with van der Waals surface area (Å²) in [6, 6.07) is 7.95. The van der Waals surface area contributed by atoms with Crippen molar-refractivity contribution < 1.29 is 18.9 Å². The van der Waals surface area contributed by atoms with E-state index in [-0.39, 0.29) is 17.7 Å². The maximum absolute atomic E-state index is 12.3. The molecule has 0 bridgehead atoms. The van der Waals surface area contributed by atoms with Crippen LogP contribution in [-0.4, -0.2) is 35.1 Å². The number of hydrogen-bond acceptors (Lipinski definition) is 5. The smallest absolute Gasteiger partial charge is 0.399 e. The lowest BCUT2D eigenvalue weighted by Crippen LogP contribution is -2.41. The minimum absolute atomic E-state index is 0.212. The Labute approximate surface area is 165 Å². The van der Waals surface area contributed by atoms with E-state index in [4.69, 9.17) is 9.31 Å². The molecule has 3 heterocycles. The zero-order valence-corrected chi connectivity index (χ0v) is 17.0. The maximum atomic E-state index is 12.3. The van der Waals surface area contributed by atoms with E-state index in [2.05, 4.69) is 10.3 Å². The van der Waals surface area contributed by atoms with Crippen LogP contribution in [0.2, 0.25) is 0 Å². The van der Waals surface area contributed by atoms with Crippen LogP contribution >= 0.6 is 0 Å². The predicted molar refractivity (Wildman–Crippen MR) is 107 cm³/mol. The van der Waals surface area contributed by atoms with Crippen LogP contribution in [0.4, 0.5) is 0 Å². The molecule has 0 radical (unpaired) electrons. The van der Waals surface area contributed by atoms with Gasteiger partial charge in [-0.2, -0.15) is 0 Å². The molecule has 2 saturated heterocycles. The fraction of sp³-hybridized carbons (Fsp3) is 0.476. The number of pyridine rings is 1. The zero-order valence-electron chi connectivity index (χ0n) is 17.0. The van der Waals surface area contributed by atoms with Gasteiger partial charge in [0.1, 0.15) is 0 Å². The number of rotatable bonds is 2. The molecule has 2 amide bonds. The van der Waals surface area contributed by atoms with Crippen LogP contribution in [0, 0.1) is 6.92 Å². The van der Waals surface area contributed by atoms with Gasteiger partial charge in [0.25, 0.3) is 0 Å². The molecule has 1 aromatic carbocycles. The van der Waals surface area contributed by atoms with Crippen molar-refractivity contribution >= 4 is 35.3 Å². The second-order valence-corrected chi connectivity index (χ2v) is 8.71. The summed E-state index contributed by atoms with van der Waals surface area (Å²) in [7, 11) is -0.449. The number of carbonyl (C=O) groups excluding carboxylic acids is 2. The van der Waals surface area contributed by atoms with E-state index in [1.165, 1.54) is 0 Å². The van der Waals surface area contributed by atoms with Gasteiger partial charge in [-0.3, -0.25) is 19.9 Å². The Morgan fingerprint density at radius 1 is 1.11 bits per heavy atom. The molecule has 146 valence electrons.